The lowest BCUT2D eigenvalue weighted by molar-refractivity contribution is 0.197. The van der Waals surface area contributed by atoms with Crippen molar-refractivity contribution < 1.29 is 0 Å². The average molecular weight is 311 g/mol. The van der Waals surface area contributed by atoms with Crippen molar-refractivity contribution in [2.45, 2.75) is 32.7 Å². The Bertz CT molecular complexity index is 405. The van der Waals surface area contributed by atoms with Crippen LogP contribution in [0, 0.1) is 12.8 Å². The van der Waals surface area contributed by atoms with E-state index in [4.69, 9.17) is 0 Å². The summed E-state index contributed by atoms with van der Waals surface area (Å²) in [4.78, 5) is 2.45. The lowest BCUT2D eigenvalue weighted by atomic mass is 9.91. The fourth-order valence-electron chi connectivity index (χ4n) is 2.77. The largest absolute Gasteiger partial charge is 0.382 e. The summed E-state index contributed by atoms with van der Waals surface area (Å²) in [5, 5.41) is 3.68. The van der Waals surface area contributed by atoms with Crippen LogP contribution in [0.25, 0.3) is 0 Å². The van der Waals surface area contributed by atoms with E-state index >= 15 is 0 Å². The third kappa shape index (κ3) is 3.48. The monoisotopic (exact) mass is 310 g/mol. The number of anilines is 1. The first-order valence-electron chi connectivity index (χ1n) is 6.77. The Hall–Kier alpha value is -0.540. The summed E-state index contributed by atoms with van der Waals surface area (Å²) in [6, 6.07) is 6.98. The predicted octanol–water partition coefficient (Wildman–Crippen LogP) is 3.90. The summed E-state index contributed by atoms with van der Waals surface area (Å²) in [6.45, 7) is 6.93. The van der Waals surface area contributed by atoms with Gasteiger partial charge in [0.15, 0.2) is 0 Å². The van der Waals surface area contributed by atoms with Crippen molar-refractivity contribution in [3.63, 3.8) is 0 Å². The van der Waals surface area contributed by atoms with Crippen LogP contribution < -0.4 is 5.32 Å². The van der Waals surface area contributed by atoms with E-state index in [1.54, 1.807) is 0 Å². The molecular formula is C15H23BrN2. The number of likely N-dealkylation sites (tertiary alicyclic amines) is 1. The molecule has 3 heteroatoms. The number of benzene rings is 1. The number of nitrogens with zero attached hydrogens (tertiary/aromatic N) is 1. The topological polar surface area (TPSA) is 15.3 Å². The van der Waals surface area contributed by atoms with Gasteiger partial charge < -0.3 is 10.2 Å². The second-order valence-corrected chi connectivity index (χ2v) is 6.47. The van der Waals surface area contributed by atoms with Gasteiger partial charge in [-0.1, -0.05) is 15.9 Å². The highest BCUT2D eigenvalue weighted by Gasteiger charge is 2.22. The fourth-order valence-corrected chi connectivity index (χ4v) is 3.24. The number of aryl methyl sites for hydroxylation is 1. The van der Waals surface area contributed by atoms with E-state index in [9.17, 15) is 0 Å². The molecule has 1 fully saturated rings. The Morgan fingerprint density at radius 2 is 2.22 bits per heavy atom. The molecule has 0 radical (unpaired) electrons. The zero-order chi connectivity index (χ0) is 13.1. The molecule has 1 aliphatic heterocycles. The Balaban J connectivity index is 1.99. The van der Waals surface area contributed by atoms with Gasteiger partial charge >= 0.3 is 0 Å². The lowest BCUT2D eigenvalue weighted by Gasteiger charge is -2.34. The Morgan fingerprint density at radius 3 is 2.89 bits per heavy atom. The predicted molar refractivity (Wildman–Crippen MR) is 82.2 cm³/mol. The minimum atomic E-state index is 0.535. The summed E-state index contributed by atoms with van der Waals surface area (Å²) in [5.74, 6) is 0.756. The quantitative estimate of drug-likeness (QED) is 0.911. The number of nitrogens with one attached hydrogen (secondary N) is 1. The molecule has 0 saturated carbocycles. The zero-order valence-corrected chi connectivity index (χ0v) is 13.1. The van der Waals surface area contributed by atoms with Crippen LogP contribution in [-0.2, 0) is 0 Å². The van der Waals surface area contributed by atoms with E-state index in [1.165, 1.54) is 37.2 Å². The van der Waals surface area contributed by atoms with Gasteiger partial charge in [0, 0.05) is 22.7 Å². The minimum Gasteiger partial charge on any atom is -0.382 e. The smallest absolute Gasteiger partial charge is 0.0372 e. The average Bonchev–Trinajstić information content (AvgIpc) is 2.32. The summed E-state index contributed by atoms with van der Waals surface area (Å²) < 4.78 is 1.15. The maximum absolute atomic E-state index is 3.68. The van der Waals surface area contributed by atoms with Gasteiger partial charge in [-0.05, 0) is 70.0 Å². The molecule has 1 aromatic carbocycles. The highest BCUT2D eigenvalue weighted by molar-refractivity contribution is 9.10. The van der Waals surface area contributed by atoms with E-state index in [1.807, 2.05) is 0 Å². The maximum Gasteiger partial charge on any atom is 0.0372 e. The molecule has 0 amide bonds. The van der Waals surface area contributed by atoms with Crippen molar-refractivity contribution in [1.29, 1.82) is 0 Å². The van der Waals surface area contributed by atoms with Gasteiger partial charge in [0.2, 0.25) is 0 Å². The van der Waals surface area contributed by atoms with Gasteiger partial charge in [-0.2, -0.15) is 0 Å². The second-order valence-electron chi connectivity index (χ2n) is 5.56. The summed E-state index contributed by atoms with van der Waals surface area (Å²) in [7, 11) is 2.23. The number of rotatable bonds is 3. The number of halogens is 1. The highest BCUT2D eigenvalue weighted by atomic mass is 79.9. The third-order valence-corrected chi connectivity index (χ3v) is 4.43. The Labute approximate surface area is 119 Å². The van der Waals surface area contributed by atoms with E-state index in [-0.39, 0.29) is 0 Å². The highest BCUT2D eigenvalue weighted by Crippen LogP contribution is 2.25. The molecule has 0 spiro atoms. The van der Waals surface area contributed by atoms with Crippen LogP contribution in [0.3, 0.4) is 0 Å². The molecule has 18 heavy (non-hydrogen) atoms. The zero-order valence-electron chi connectivity index (χ0n) is 11.5. The van der Waals surface area contributed by atoms with Gasteiger partial charge in [0.05, 0.1) is 0 Å². The van der Waals surface area contributed by atoms with Crippen LogP contribution in [0.4, 0.5) is 5.69 Å². The molecule has 1 heterocycles. The number of piperidine rings is 1. The van der Waals surface area contributed by atoms with Crippen LogP contribution in [0.1, 0.15) is 25.3 Å². The van der Waals surface area contributed by atoms with Gasteiger partial charge in [0.25, 0.3) is 0 Å². The van der Waals surface area contributed by atoms with Crippen LogP contribution in [0.15, 0.2) is 22.7 Å². The van der Waals surface area contributed by atoms with Crippen LogP contribution in [0.5, 0.6) is 0 Å². The molecule has 100 valence electrons. The van der Waals surface area contributed by atoms with E-state index in [2.05, 4.69) is 65.2 Å². The minimum absolute atomic E-state index is 0.535. The normalized spacial score (nSPS) is 22.8. The third-order valence-electron chi connectivity index (χ3n) is 3.94. The van der Waals surface area contributed by atoms with Crippen LogP contribution >= 0.6 is 15.9 Å². The maximum atomic E-state index is 3.68. The van der Waals surface area contributed by atoms with Crippen molar-refractivity contribution in [1.82, 2.24) is 4.90 Å². The van der Waals surface area contributed by atoms with Gasteiger partial charge in [0.1, 0.15) is 0 Å². The molecule has 2 nitrogen and oxygen atoms in total. The Kier molecular flexibility index (Phi) is 4.68. The molecule has 0 bridgehead atoms. The first kappa shape index (κ1) is 13.9. The van der Waals surface area contributed by atoms with Crippen molar-refractivity contribution in [3.05, 3.63) is 28.2 Å². The number of hydrogen-bond acceptors (Lipinski definition) is 2. The van der Waals surface area contributed by atoms with Crippen molar-refractivity contribution in [2.75, 3.05) is 25.5 Å². The Morgan fingerprint density at radius 1 is 1.44 bits per heavy atom. The van der Waals surface area contributed by atoms with Crippen LogP contribution in [0.2, 0.25) is 0 Å². The van der Waals surface area contributed by atoms with E-state index < -0.39 is 0 Å². The van der Waals surface area contributed by atoms with E-state index in [0.29, 0.717) is 6.04 Å². The van der Waals surface area contributed by atoms with Crippen LogP contribution in [-0.4, -0.2) is 31.1 Å². The molecular weight excluding hydrogens is 288 g/mol. The molecule has 1 aromatic rings. The fraction of sp³-hybridized carbons (Fsp3) is 0.600. The van der Waals surface area contributed by atoms with Crippen molar-refractivity contribution in [2.24, 2.45) is 5.92 Å². The first-order chi connectivity index (χ1) is 8.56. The standard InChI is InChI=1S/C15H23BrN2/c1-11-9-14(16)6-7-15(11)17-12(2)13-5-4-8-18(3)10-13/h6-7,9,12-13,17H,4-5,8,10H2,1-3H3. The number of hydrogen-bond donors (Lipinski definition) is 1. The summed E-state index contributed by atoms with van der Waals surface area (Å²) in [5.41, 5.74) is 2.57. The first-order valence-corrected chi connectivity index (χ1v) is 7.57. The van der Waals surface area contributed by atoms with Gasteiger partial charge in [-0.3, -0.25) is 0 Å². The molecule has 0 aliphatic carbocycles. The molecule has 1 saturated heterocycles. The summed E-state index contributed by atoms with van der Waals surface area (Å²) >= 11 is 3.51. The van der Waals surface area contributed by atoms with E-state index in [0.717, 1.165) is 10.4 Å². The lowest BCUT2D eigenvalue weighted by Crippen LogP contribution is -2.39. The molecule has 2 unspecified atom stereocenters. The summed E-state index contributed by atoms with van der Waals surface area (Å²) in [6.07, 6.45) is 2.67. The van der Waals surface area contributed by atoms with Gasteiger partial charge in [-0.25, -0.2) is 0 Å². The second kappa shape index (κ2) is 6.07. The van der Waals surface area contributed by atoms with Gasteiger partial charge in [-0.15, -0.1) is 0 Å². The van der Waals surface area contributed by atoms with Crippen molar-refractivity contribution >= 4 is 21.6 Å². The molecule has 2 atom stereocenters. The SMILES string of the molecule is Cc1cc(Br)ccc1NC(C)C1CCCN(C)C1. The molecule has 1 N–H and O–H groups in total. The molecule has 1 aliphatic rings. The van der Waals surface area contributed by atoms with Crippen molar-refractivity contribution in [3.8, 4) is 0 Å². The molecule has 0 aromatic heterocycles. The molecule has 2 rings (SSSR count).